The van der Waals surface area contributed by atoms with E-state index in [-0.39, 0.29) is 0 Å². The van der Waals surface area contributed by atoms with E-state index in [1.165, 1.54) is 45.2 Å². The van der Waals surface area contributed by atoms with Crippen molar-refractivity contribution in [2.75, 3.05) is 31.1 Å². The first-order valence-electron chi connectivity index (χ1n) is 8.34. The molecule has 0 bridgehead atoms. The second-order valence-electron chi connectivity index (χ2n) is 6.42. The molecule has 4 heteroatoms. The standard InChI is InChI=1S/C17H24N4/c1-2-9-16-15(8-1)18-17(19-16)21-12-4-3-7-14(13-21)20-10-5-6-11-20/h1-2,8-9,14H,3-7,10-13H2,(H,18,19). The predicted molar refractivity (Wildman–Crippen MR) is 86.8 cm³/mol. The molecule has 1 aromatic heterocycles. The molecule has 2 saturated heterocycles. The van der Waals surface area contributed by atoms with Crippen LogP contribution in [0.25, 0.3) is 11.0 Å². The van der Waals surface area contributed by atoms with Crippen molar-refractivity contribution in [3.8, 4) is 0 Å². The summed E-state index contributed by atoms with van der Waals surface area (Å²) in [5.41, 5.74) is 2.23. The van der Waals surface area contributed by atoms with Crippen molar-refractivity contribution in [1.82, 2.24) is 14.9 Å². The quantitative estimate of drug-likeness (QED) is 0.920. The van der Waals surface area contributed by atoms with Crippen LogP contribution in [0.1, 0.15) is 32.1 Å². The zero-order valence-electron chi connectivity index (χ0n) is 12.6. The lowest BCUT2D eigenvalue weighted by molar-refractivity contribution is 0.236. The Morgan fingerprint density at radius 3 is 2.67 bits per heavy atom. The Kier molecular flexibility index (Phi) is 3.55. The van der Waals surface area contributed by atoms with Gasteiger partial charge in [-0.05, 0) is 50.9 Å². The molecule has 0 radical (unpaired) electrons. The SMILES string of the molecule is c1ccc2[nH]c(N3CCCCC(N4CCCC4)C3)nc2c1. The maximum absolute atomic E-state index is 4.79. The Bertz CT molecular complexity index is 567. The monoisotopic (exact) mass is 284 g/mol. The number of hydrogen-bond acceptors (Lipinski definition) is 3. The molecule has 1 atom stereocenters. The van der Waals surface area contributed by atoms with Crippen LogP contribution in [0, 0.1) is 0 Å². The Morgan fingerprint density at radius 2 is 1.81 bits per heavy atom. The summed E-state index contributed by atoms with van der Waals surface area (Å²) in [4.78, 5) is 13.5. The van der Waals surface area contributed by atoms with E-state index in [2.05, 4.69) is 39.0 Å². The first-order valence-corrected chi connectivity index (χ1v) is 8.34. The topological polar surface area (TPSA) is 35.2 Å². The van der Waals surface area contributed by atoms with E-state index in [0.717, 1.165) is 30.1 Å². The minimum atomic E-state index is 0.711. The lowest BCUT2D eigenvalue weighted by Crippen LogP contribution is -2.41. The number of nitrogens with one attached hydrogen (secondary N) is 1. The molecule has 2 fully saturated rings. The fraction of sp³-hybridized carbons (Fsp3) is 0.588. The molecule has 4 nitrogen and oxygen atoms in total. The van der Waals surface area contributed by atoms with E-state index in [4.69, 9.17) is 4.98 Å². The van der Waals surface area contributed by atoms with Gasteiger partial charge in [-0.3, -0.25) is 4.90 Å². The summed E-state index contributed by atoms with van der Waals surface area (Å²) < 4.78 is 0. The third-order valence-electron chi connectivity index (χ3n) is 4.98. The van der Waals surface area contributed by atoms with Crippen molar-refractivity contribution >= 4 is 17.0 Å². The van der Waals surface area contributed by atoms with Gasteiger partial charge in [-0.2, -0.15) is 0 Å². The molecule has 2 aromatic rings. The highest BCUT2D eigenvalue weighted by atomic mass is 15.3. The number of fused-ring (bicyclic) bond motifs is 1. The maximum atomic E-state index is 4.79. The van der Waals surface area contributed by atoms with Crippen molar-refractivity contribution in [3.63, 3.8) is 0 Å². The van der Waals surface area contributed by atoms with Crippen molar-refractivity contribution in [2.24, 2.45) is 0 Å². The van der Waals surface area contributed by atoms with E-state index in [1.807, 2.05) is 0 Å². The predicted octanol–water partition coefficient (Wildman–Crippen LogP) is 3.02. The van der Waals surface area contributed by atoms with Crippen molar-refractivity contribution in [1.29, 1.82) is 0 Å². The molecular formula is C17H24N4. The fourth-order valence-corrected chi connectivity index (χ4v) is 3.81. The summed E-state index contributed by atoms with van der Waals surface area (Å²) in [6, 6.07) is 9.04. The molecule has 0 amide bonds. The summed E-state index contributed by atoms with van der Waals surface area (Å²) in [5.74, 6) is 1.06. The van der Waals surface area contributed by atoms with Crippen LogP contribution < -0.4 is 4.90 Å². The van der Waals surface area contributed by atoms with Gasteiger partial charge in [0, 0.05) is 19.1 Å². The van der Waals surface area contributed by atoms with E-state index in [0.29, 0.717) is 6.04 Å². The summed E-state index contributed by atoms with van der Waals surface area (Å²) in [5, 5.41) is 0. The lowest BCUT2D eigenvalue weighted by Gasteiger charge is -2.30. The van der Waals surface area contributed by atoms with Crippen LogP contribution in [0.4, 0.5) is 5.95 Å². The molecule has 0 saturated carbocycles. The lowest BCUT2D eigenvalue weighted by atomic mass is 10.1. The molecule has 21 heavy (non-hydrogen) atoms. The maximum Gasteiger partial charge on any atom is 0.203 e. The molecule has 1 N–H and O–H groups in total. The average Bonchev–Trinajstić information content (AvgIpc) is 3.12. The van der Waals surface area contributed by atoms with Crippen molar-refractivity contribution in [3.05, 3.63) is 24.3 Å². The van der Waals surface area contributed by atoms with Gasteiger partial charge >= 0.3 is 0 Å². The molecule has 0 spiro atoms. The average molecular weight is 284 g/mol. The molecule has 112 valence electrons. The van der Waals surface area contributed by atoms with E-state index in [9.17, 15) is 0 Å². The van der Waals surface area contributed by atoms with Gasteiger partial charge in [0.25, 0.3) is 0 Å². The number of aromatic amines is 1. The van der Waals surface area contributed by atoms with E-state index >= 15 is 0 Å². The number of benzene rings is 1. The van der Waals surface area contributed by atoms with Gasteiger partial charge in [-0.25, -0.2) is 4.98 Å². The zero-order chi connectivity index (χ0) is 14.1. The third kappa shape index (κ3) is 2.64. The second-order valence-corrected chi connectivity index (χ2v) is 6.42. The minimum absolute atomic E-state index is 0.711. The number of aromatic nitrogens is 2. The minimum Gasteiger partial charge on any atom is -0.341 e. The van der Waals surface area contributed by atoms with Crippen molar-refractivity contribution < 1.29 is 0 Å². The highest BCUT2D eigenvalue weighted by Gasteiger charge is 2.26. The zero-order valence-corrected chi connectivity index (χ0v) is 12.6. The largest absolute Gasteiger partial charge is 0.341 e. The number of rotatable bonds is 2. The number of para-hydroxylation sites is 2. The highest BCUT2D eigenvalue weighted by molar-refractivity contribution is 5.77. The van der Waals surface area contributed by atoms with E-state index < -0.39 is 0 Å². The van der Waals surface area contributed by atoms with Gasteiger partial charge in [0.2, 0.25) is 5.95 Å². The number of anilines is 1. The van der Waals surface area contributed by atoms with Gasteiger partial charge in [0.15, 0.2) is 0 Å². The Labute approximate surface area is 126 Å². The summed E-state index contributed by atoms with van der Waals surface area (Å²) in [6.45, 7) is 4.83. The van der Waals surface area contributed by atoms with Gasteiger partial charge in [-0.1, -0.05) is 18.6 Å². The van der Waals surface area contributed by atoms with Crippen LogP contribution in [0.15, 0.2) is 24.3 Å². The molecule has 4 rings (SSSR count). The number of hydrogen-bond donors (Lipinski definition) is 1. The number of nitrogens with zero attached hydrogens (tertiary/aromatic N) is 3. The Morgan fingerprint density at radius 1 is 1.00 bits per heavy atom. The van der Waals surface area contributed by atoms with Gasteiger partial charge < -0.3 is 9.88 Å². The molecule has 0 aliphatic carbocycles. The number of H-pyrrole nitrogens is 1. The highest BCUT2D eigenvalue weighted by Crippen LogP contribution is 2.24. The second kappa shape index (κ2) is 5.68. The van der Waals surface area contributed by atoms with Gasteiger partial charge in [-0.15, -0.1) is 0 Å². The molecule has 2 aliphatic rings. The normalized spacial score (nSPS) is 24.6. The van der Waals surface area contributed by atoms with Crippen LogP contribution >= 0.6 is 0 Å². The molecule has 2 aliphatic heterocycles. The van der Waals surface area contributed by atoms with Crippen LogP contribution in [0.5, 0.6) is 0 Å². The summed E-state index contributed by atoms with van der Waals surface area (Å²) >= 11 is 0. The van der Waals surface area contributed by atoms with Crippen LogP contribution in [0.2, 0.25) is 0 Å². The summed E-state index contributed by atoms with van der Waals surface area (Å²) in [7, 11) is 0. The smallest absolute Gasteiger partial charge is 0.203 e. The van der Waals surface area contributed by atoms with E-state index in [1.54, 1.807) is 0 Å². The van der Waals surface area contributed by atoms with Gasteiger partial charge in [0.05, 0.1) is 11.0 Å². The van der Waals surface area contributed by atoms with Crippen molar-refractivity contribution in [2.45, 2.75) is 38.1 Å². The Hall–Kier alpha value is -1.55. The van der Waals surface area contributed by atoms with Crippen LogP contribution in [-0.4, -0.2) is 47.1 Å². The third-order valence-corrected chi connectivity index (χ3v) is 4.98. The molecule has 3 heterocycles. The van der Waals surface area contributed by atoms with Crippen LogP contribution in [0.3, 0.4) is 0 Å². The number of imidazole rings is 1. The Balaban J connectivity index is 1.57. The first kappa shape index (κ1) is 13.1. The fourth-order valence-electron chi connectivity index (χ4n) is 3.81. The number of likely N-dealkylation sites (tertiary alicyclic amines) is 1. The first-order chi connectivity index (χ1) is 10.4. The van der Waals surface area contributed by atoms with Gasteiger partial charge in [0.1, 0.15) is 0 Å². The molecule has 1 unspecified atom stereocenters. The molecular weight excluding hydrogens is 260 g/mol. The van der Waals surface area contributed by atoms with Crippen LogP contribution in [-0.2, 0) is 0 Å². The summed E-state index contributed by atoms with van der Waals surface area (Å²) in [6.07, 6.45) is 6.72. The molecule has 1 aromatic carbocycles.